The van der Waals surface area contributed by atoms with Gasteiger partial charge in [-0.25, -0.2) is 18.4 Å². The molecule has 22 heavy (non-hydrogen) atoms. The van der Waals surface area contributed by atoms with E-state index in [2.05, 4.69) is 20.6 Å². The van der Waals surface area contributed by atoms with E-state index in [0.29, 0.717) is 24.6 Å². The van der Waals surface area contributed by atoms with E-state index < -0.39 is 10.0 Å². The van der Waals surface area contributed by atoms with Crippen LogP contribution in [0, 0.1) is 6.92 Å². The molecular weight excluding hydrogens is 306 g/mol. The number of hydrogen-bond acceptors (Lipinski definition) is 6. The van der Waals surface area contributed by atoms with Crippen molar-refractivity contribution in [2.75, 3.05) is 31.7 Å². The maximum absolute atomic E-state index is 11.8. The lowest BCUT2D eigenvalue weighted by Crippen LogP contribution is -2.31. The molecule has 122 valence electrons. The van der Waals surface area contributed by atoms with Crippen LogP contribution in [0.15, 0.2) is 6.07 Å². The Bertz CT molecular complexity index is 662. The molecule has 1 aliphatic rings. The fourth-order valence-electron chi connectivity index (χ4n) is 2.49. The van der Waals surface area contributed by atoms with Gasteiger partial charge in [0.05, 0.1) is 18.8 Å². The molecule has 1 fully saturated rings. The number of aromatic nitrogens is 2. The Hall–Kier alpha value is -1.74. The molecule has 2 rings (SSSR count). The summed E-state index contributed by atoms with van der Waals surface area (Å²) in [6, 6.07) is 1.39. The van der Waals surface area contributed by atoms with E-state index in [1.54, 1.807) is 13.1 Å². The molecule has 1 atom stereocenters. The van der Waals surface area contributed by atoms with Crippen LogP contribution in [0.1, 0.15) is 30.4 Å². The van der Waals surface area contributed by atoms with Crippen LogP contribution < -0.4 is 10.6 Å². The Balaban J connectivity index is 2.24. The van der Waals surface area contributed by atoms with Crippen LogP contribution in [0.2, 0.25) is 0 Å². The summed E-state index contributed by atoms with van der Waals surface area (Å²) in [7, 11) is -1.73. The molecule has 2 heterocycles. The molecule has 1 aliphatic heterocycles. The van der Waals surface area contributed by atoms with Crippen molar-refractivity contribution >= 4 is 21.7 Å². The first-order chi connectivity index (χ1) is 10.3. The summed E-state index contributed by atoms with van der Waals surface area (Å²) < 4.78 is 25.1. The minimum Gasteiger partial charge on any atom is -0.361 e. The third kappa shape index (κ3) is 3.92. The first kappa shape index (κ1) is 16.6. The smallest absolute Gasteiger partial charge is 0.239 e. The molecule has 2 N–H and O–H groups in total. The molecule has 0 radical (unpaired) electrons. The molecule has 0 aliphatic carbocycles. The van der Waals surface area contributed by atoms with Gasteiger partial charge in [-0.3, -0.25) is 4.79 Å². The molecule has 9 heteroatoms. The quantitative estimate of drug-likeness (QED) is 0.791. The highest BCUT2D eigenvalue weighted by molar-refractivity contribution is 7.88. The summed E-state index contributed by atoms with van der Waals surface area (Å²) in [4.78, 5) is 20.0. The summed E-state index contributed by atoms with van der Waals surface area (Å²) >= 11 is 0. The van der Waals surface area contributed by atoms with Crippen LogP contribution in [-0.4, -0.2) is 55.0 Å². The minimum atomic E-state index is -3.29. The number of nitrogens with one attached hydrogen (secondary N) is 2. The molecule has 0 aromatic carbocycles. The second-order valence-corrected chi connectivity index (χ2v) is 7.25. The van der Waals surface area contributed by atoms with Gasteiger partial charge in [-0.1, -0.05) is 0 Å². The second-order valence-electron chi connectivity index (χ2n) is 5.31. The van der Waals surface area contributed by atoms with Gasteiger partial charge >= 0.3 is 0 Å². The number of likely N-dealkylation sites (N-methyl/N-ethyl adjacent to an activating group) is 1. The Morgan fingerprint density at radius 2 is 2.18 bits per heavy atom. The third-order valence-electron chi connectivity index (χ3n) is 3.51. The largest absolute Gasteiger partial charge is 0.361 e. The summed E-state index contributed by atoms with van der Waals surface area (Å²) in [5, 5.41) is 5.44. The van der Waals surface area contributed by atoms with Gasteiger partial charge in [-0.05, 0) is 19.8 Å². The molecule has 1 amide bonds. The van der Waals surface area contributed by atoms with Crippen molar-refractivity contribution < 1.29 is 13.2 Å². The zero-order chi connectivity index (χ0) is 16.3. The molecule has 8 nitrogen and oxygen atoms in total. The lowest BCUT2D eigenvalue weighted by Gasteiger charge is -2.21. The highest BCUT2D eigenvalue weighted by Gasteiger charge is 2.34. The number of carbonyl (C=O) groups excluding carboxylic acids is 1. The van der Waals surface area contributed by atoms with Crippen molar-refractivity contribution in [3.05, 3.63) is 17.6 Å². The average Bonchev–Trinajstić information content (AvgIpc) is 2.93. The monoisotopic (exact) mass is 327 g/mol. The van der Waals surface area contributed by atoms with Crippen molar-refractivity contribution in [3.8, 4) is 0 Å². The molecule has 0 saturated carbocycles. The number of hydrogen-bond donors (Lipinski definition) is 2. The molecule has 1 aromatic heterocycles. The van der Waals surface area contributed by atoms with Gasteiger partial charge in [-0.15, -0.1) is 0 Å². The number of amides is 1. The van der Waals surface area contributed by atoms with Crippen LogP contribution in [0.25, 0.3) is 0 Å². The van der Waals surface area contributed by atoms with Gasteiger partial charge in [0.15, 0.2) is 0 Å². The van der Waals surface area contributed by atoms with Crippen LogP contribution >= 0.6 is 0 Å². The van der Waals surface area contributed by atoms with Crippen LogP contribution in [0.5, 0.6) is 0 Å². The third-order valence-corrected chi connectivity index (χ3v) is 4.80. The molecule has 0 bridgehead atoms. The Kier molecular flexibility index (Phi) is 4.97. The van der Waals surface area contributed by atoms with Crippen LogP contribution in [-0.2, 0) is 14.8 Å². The van der Waals surface area contributed by atoms with Crippen LogP contribution in [0.4, 0.5) is 5.82 Å². The highest BCUT2D eigenvalue weighted by Crippen LogP contribution is 2.32. The predicted molar refractivity (Wildman–Crippen MR) is 82.9 cm³/mol. The highest BCUT2D eigenvalue weighted by atomic mass is 32.2. The number of anilines is 1. The summed E-state index contributed by atoms with van der Waals surface area (Å²) in [5.74, 6) is 0.838. The predicted octanol–water partition coefficient (Wildman–Crippen LogP) is 0.0394. The second kappa shape index (κ2) is 6.57. The molecule has 1 saturated heterocycles. The first-order valence-electron chi connectivity index (χ1n) is 7.08. The zero-order valence-electron chi connectivity index (χ0n) is 13.0. The average molecular weight is 327 g/mol. The SMILES string of the molecule is CNC(=O)CNc1cc(C)nc(C2CCCN2S(C)(=O)=O)n1. The number of carbonyl (C=O) groups is 1. The van der Waals surface area contributed by atoms with Crippen molar-refractivity contribution in [1.29, 1.82) is 0 Å². The van der Waals surface area contributed by atoms with Crippen molar-refractivity contribution in [2.45, 2.75) is 25.8 Å². The van der Waals surface area contributed by atoms with E-state index in [1.807, 2.05) is 6.92 Å². The summed E-state index contributed by atoms with van der Waals surface area (Å²) in [5.41, 5.74) is 0.727. The van der Waals surface area contributed by atoms with E-state index in [0.717, 1.165) is 12.1 Å². The Morgan fingerprint density at radius 3 is 2.82 bits per heavy atom. The Morgan fingerprint density at radius 1 is 1.45 bits per heavy atom. The van der Waals surface area contributed by atoms with Gasteiger partial charge in [0.1, 0.15) is 11.6 Å². The van der Waals surface area contributed by atoms with E-state index in [1.165, 1.54) is 10.6 Å². The normalized spacial score (nSPS) is 19.1. The Labute approximate surface area is 130 Å². The topological polar surface area (TPSA) is 104 Å². The maximum Gasteiger partial charge on any atom is 0.239 e. The molecular formula is C13H21N5O3S. The van der Waals surface area contributed by atoms with Gasteiger partial charge in [-0.2, -0.15) is 4.31 Å². The lowest BCUT2D eigenvalue weighted by atomic mass is 10.2. The fourth-order valence-corrected chi connectivity index (χ4v) is 3.61. The molecule has 1 aromatic rings. The molecule has 0 spiro atoms. The van der Waals surface area contributed by atoms with E-state index in [4.69, 9.17) is 0 Å². The van der Waals surface area contributed by atoms with Gasteiger partial charge in [0, 0.05) is 25.4 Å². The fraction of sp³-hybridized carbons (Fsp3) is 0.615. The molecule has 1 unspecified atom stereocenters. The number of aryl methyl sites for hydroxylation is 1. The first-order valence-corrected chi connectivity index (χ1v) is 8.93. The van der Waals surface area contributed by atoms with Crippen LogP contribution in [0.3, 0.4) is 0 Å². The van der Waals surface area contributed by atoms with Gasteiger partial charge in [0.25, 0.3) is 0 Å². The van der Waals surface area contributed by atoms with E-state index >= 15 is 0 Å². The summed E-state index contributed by atoms with van der Waals surface area (Å²) in [6.07, 6.45) is 2.69. The van der Waals surface area contributed by atoms with Crippen molar-refractivity contribution in [3.63, 3.8) is 0 Å². The standard InChI is InChI=1S/C13H21N5O3S/c1-9-7-11(15-8-12(19)14-2)17-13(16-9)10-5-4-6-18(10)22(3,20)21/h7,10H,4-6,8H2,1-3H3,(H,14,19)(H,15,16,17). The van der Waals surface area contributed by atoms with Gasteiger partial charge in [0.2, 0.25) is 15.9 Å². The van der Waals surface area contributed by atoms with E-state index in [-0.39, 0.29) is 18.5 Å². The number of sulfonamides is 1. The number of nitrogens with zero attached hydrogens (tertiary/aromatic N) is 3. The zero-order valence-corrected chi connectivity index (χ0v) is 13.8. The van der Waals surface area contributed by atoms with Crippen molar-refractivity contribution in [2.24, 2.45) is 0 Å². The summed E-state index contributed by atoms with van der Waals surface area (Å²) in [6.45, 7) is 2.41. The van der Waals surface area contributed by atoms with Gasteiger partial charge < -0.3 is 10.6 Å². The minimum absolute atomic E-state index is 0.104. The number of rotatable bonds is 5. The van der Waals surface area contributed by atoms with Crippen molar-refractivity contribution in [1.82, 2.24) is 19.6 Å². The lowest BCUT2D eigenvalue weighted by molar-refractivity contribution is -0.118. The maximum atomic E-state index is 11.8. The van der Waals surface area contributed by atoms with E-state index in [9.17, 15) is 13.2 Å².